The molecule has 0 atom stereocenters. The van der Waals surface area contributed by atoms with Gasteiger partial charge in [0.1, 0.15) is 11.5 Å². The van der Waals surface area contributed by atoms with Gasteiger partial charge in [0.15, 0.2) is 12.4 Å². The minimum Gasteiger partial charge on any atom is -0.482 e. The lowest BCUT2D eigenvalue weighted by molar-refractivity contribution is -0.274. The summed E-state index contributed by atoms with van der Waals surface area (Å²) in [6, 6.07) is 17.7. The largest absolute Gasteiger partial charge is 0.573 e. The first-order chi connectivity index (χ1) is 17.0. The molecule has 1 heterocycles. The number of aryl methyl sites for hydroxylation is 1. The molecule has 4 rings (SSSR count). The summed E-state index contributed by atoms with van der Waals surface area (Å²) in [6.45, 7) is 3.32. The van der Waals surface area contributed by atoms with Crippen molar-refractivity contribution in [3.63, 3.8) is 0 Å². The number of ketones is 1. The maximum Gasteiger partial charge on any atom is 0.573 e. The van der Waals surface area contributed by atoms with Crippen LogP contribution in [0.5, 0.6) is 11.5 Å². The van der Waals surface area contributed by atoms with Crippen LogP contribution >= 0.6 is 0 Å². The van der Waals surface area contributed by atoms with Crippen molar-refractivity contribution in [2.45, 2.75) is 26.8 Å². The number of rotatable bonds is 8. The molecule has 4 aromatic rings. The molecule has 186 valence electrons. The summed E-state index contributed by atoms with van der Waals surface area (Å²) >= 11 is 0. The average Bonchev–Trinajstić information content (AvgIpc) is 3.07. The highest BCUT2D eigenvalue weighted by Gasteiger charge is 2.31. The van der Waals surface area contributed by atoms with E-state index in [1.54, 1.807) is 47.9 Å². The van der Waals surface area contributed by atoms with Gasteiger partial charge in [0.05, 0.1) is 11.1 Å². The fourth-order valence-electron chi connectivity index (χ4n) is 4.05. The fraction of sp³-hybridized carbons (Fsp3) is 0.185. The molecule has 0 radical (unpaired) electrons. The molecule has 0 saturated carbocycles. The summed E-state index contributed by atoms with van der Waals surface area (Å²) in [5.41, 5.74) is 3.49. The highest BCUT2D eigenvalue weighted by Crippen LogP contribution is 2.33. The molecule has 0 saturated heterocycles. The van der Waals surface area contributed by atoms with E-state index in [1.807, 2.05) is 19.1 Å². The van der Waals surface area contributed by atoms with Crippen molar-refractivity contribution in [1.29, 1.82) is 0 Å². The lowest BCUT2D eigenvalue weighted by Gasteiger charge is -2.12. The van der Waals surface area contributed by atoms with Gasteiger partial charge >= 0.3 is 12.3 Å². The van der Waals surface area contributed by atoms with E-state index >= 15 is 0 Å². The molecule has 0 unspecified atom stereocenters. The number of alkyl halides is 3. The van der Waals surface area contributed by atoms with Crippen molar-refractivity contribution < 1.29 is 37.3 Å². The molecule has 9 heteroatoms. The molecule has 1 N–H and O–H groups in total. The Labute approximate surface area is 204 Å². The number of ether oxygens (including phenoxy) is 2. The molecule has 0 spiro atoms. The van der Waals surface area contributed by atoms with Crippen molar-refractivity contribution in [1.82, 2.24) is 4.57 Å². The van der Waals surface area contributed by atoms with Gasteiger partial charge in [-0.2, -0.15) is 0 Å². The van der Waals surface area contributed by atoms with Gasteiger partial charge in [-0.05, 0) is 43.7 Å². The van der Waals surface area contributed by atoms with Crippen molar-refractivity contribution in [2.75, 3.05) is 6.61 Å². The second kappa shape index (κ2) is 9.77. The third kappa shape index (κ3) is 5.51. The first-order valence-electron chi connectivity index (χ1n) is 11.0. The molecule has 0 amide bonds. The topological polar surface area (TPSA) is 77.8 Å². The predicted molar refractivity (Wildman–Crippen MR) is 127 cm³/mol. The van der Waals surface area contributed by atoms with E-state index in [9.17, 15) is 22.8 Å². The summed E-state index contributed by atoms with van der Waals surface area (Å²) in [6.07, 6.45) is -4.86. The Morgan fingerprint density at radius 3 is 2.33 bits per heavy atom. The highest BCUT2D eigenvalue weighted by molar-refractivity contribution is 6.17. The molecular formula is C27H22F3NO5. The first-order valence-corrected chi connectivity index (χ1v) is 11.0. The number of aromatic nitrogens is 1. The van der Waals surface area contributed by atoms with Gasteiger partial charge in [-0.3, -0.25) is 4.79 Å². The van der Waals surface area contributed by atoms with Crippen LogP contribution in [0.15, 0.2) is 66.7 Å². The number of benzene rings is 3. The van der Waals surface area contributed by atoms with Crippen LogP contribution in [-0.4, -0.2) is 34.4 Å². The number of carbonyl (C=O) groups excluding carboxylic acids is 1. The quantitative estimate of drug-likeness (QED) is 0.307. The van der Waals surface area contributed by atoms with E-state index < -0.39 is 24.7 Å². The van der Waals surface area contributed by atoms with Gasteiger partial charge in [-0.25, -0.2) is 4.79 Å². The smallest absolute Gasteiger partial charge is 0.482 e. The third-order valence-electron chi connectivity index (χ3n) is 5.67. The number of fused-ring (bicyclic) bond motifs is 1. The van der Waals surface area contributed by atoms with Crippen molar-refractivity contribution in [2.24, 2.45) is 0 Å². The summed E-state index contributed by atoms with van der Waals surface area (Å²) in [7, 11) is 0. The molecule has 0 fully saturated rings. The average molecular weight is 497 g/mol. The number of nitrogens with zero attached hydrogens (tertiary/aromatic N) is 1. The van der Waals surface area contributed by atoms with E-state index in [-0.39, 0.29) is 12.3 Å². The Morgan fingerprint density at radius 1 is 0.944 bits per heavy atom. The molecule has 6 nitrogen and oxygen atoms in total. The Bertz CT molecular complexity index is 1440. The second-order valence-electron chi connectivity index (χ2n) is 8.30. The molecular weight excluding hydrogens is 475 g/mol. The van der Waals surface area contributed by atoms with Crippen molar-refractivity contribution in [3.05, 3.63) is 94.7 Å². The molecule has 0 aliphatic carbocycles. The Balaban J connectivity index is 1.81. The van der Waals surface area contributed by atoms with E-state index in [1.165, 1.54) is 18.2 Å². The summed E-state index contributed by atoms with van der Waals surface area (Å²) in [5.74, 6) is -1.44. The Morgan fingerprint density at radius 2 is 1.67 bits per heavy atom. The molecule has 0 bridgehead atoms. The summed E-state index contributed by atoms with van der Waals surface area (Å²) in [5, 5.41) is 9.34. The van der Waals surface area contributed by atoms with Crippen LogP contribution in [0.1, 0.15) is 32.7 Å². The lowest BCUT2D eigenvalue weighted by atomic mass is 9.99. The van der Waals surface area contributed by atoms with Crippen LogP contribution in [0.25, 0.3) is 10.9 Å². The van der Waals surface area contributed by atoms with Gasteiger partial charge in [0.25, 0.3) is 0 Å². The SMILES string of the molecule is Cc1ccc(C(=O)c2c(C)n(Cc3cccc(OCC(=O)O)c3)c3cc(OC(F)(F)F)ccc23)cc1. The minimum atomic E-state index is -4.86. The predicted octanol–water partition coefficient (Wildman–Crippen LogP) is 5.90. The highest BCUT2D eigenvalue weighted by atomic mass is 19.4. The maximum absolute atomic E-state index is 13.5. The van der Waals surface area contributed by atoms with Gasteiger partial charge in [0.2, 0.25) is 0 Å². The van der Waals surface area contributed by atoms with Crippen LogP contribution < -0.4 is 9.47 Å². The Kier molecular flexibility index (Phi) is 6.74. The van der Waals surface area contributed by atoms with Gasteiger partial charge in [-0.15, -0.1) is 13.2 Å². The first kappa shape index (κ1) is 24.8. The third-order valence-corrected chi connectivity index (χ3v) is 5.67. The number of hydrogen-bond acceptors (Lipinski definition) is 4. The van der Waals surface area contributed by atoms with Gasteiger partial charge < -0.3 is 19.1 Å². The van der Waals surface area contributed by atoms with Crippen molar-refractivity contribution >= 4 is 22.7 Å². The van der Waals surface area contributed by atoms with Gasteiger partial charge in [0, 0.05) is 29.3 Å². The second-order valence-corrected chi connectivity index (χ2v) is 8.30. The summed E-state index contributed by atoms with van der Waals surface area (Å²) < 4.78 is 49.8. The maximum atomic E-state index is 13.5. The Hall–Kier alpha value is -4.27. The number of carboxylic acids is 1. The van der Waals surface area contributed by atoms with E-state index in [0.29, 0.717) is 39.0 Å². The van der Waals surface area contributed by atoms with E-state index in [0.717, 1.165) is 5.56 Å². The lowest BCUT2D eigenvalue weighted by Crippen LogP contribution is -2.17. The minimum absolute atomic E-state index is 0.198. The normalized spacial score (nSPS) is 11.5. The zero-order chi connectivity index (χ0) is 26.0. The van der Waals surface area contributed by atoms with Crippen LogP contribution in [0.3, 0.4) is 0 Å². The van der Waals surface area contributed by atoms with Crippen LogP contribution in [0, 0.1) is 13.8 Å². The number of halogens is 3. The van der Waals surface area contributed by atoms with Crippen LogP contribution in [-0.2, 0) is 11.3 Å². The zero-order valence-corrected chi connectivity index (χ0v) is 19.4. The van der Waals surface area contributed by atoms with Crippen molar-refractivity contribution in [3.8, 4) is 11.5 Å². The molecule has 36 heavy (non-hydrogen) atoms. The molecule has 3 aromatic carbocycles. The van der Waals surface area contributed by atoms with E-state index in [4.69, 9.17) is 9.84 Å². The molecule has 0 aliphatic heterocycles. The number of carboxylic acid groups (broad SMARTS) is 1. The zero-order valence-electron chi connectivity index (χ0n) is 19.4. The number of aliphatic carboxylic acids is 1. The summed E-state index contributed by atoms with van der Waals surface area (Å²) in [4.78, 5) is 24.3. The van der Waals surface area contributed by atoms with E-state index in [2.05, 4.69) is 4.74 Å². The van der Waals surface area contributed by atoms with Crippen LogP contribution in [0.2, 0.25) is 0 Å². The van der Waals surface area contributed by atoms with Crippen LogP contribution in [0.4, 0.5) is 13.2 Å². The molecule has 1 aromatic heterocycles. The number of carbonyl (C=O) groups is 2. The molecule has 0 aliphatic rings. The number of hydrogen-bond donors (Lipinski definition) is 1. The van der Waals surface area contributed by atoms with Gasteiger partial charge in [-0.1, -0.05) is 42.0 Å². The fourth-order valence-corrected chi connectivity index (χ4v) is 4.05. The standard InChI is InChI=1S/C27H22F3NO5/c1-16-6-8-19(9-7-16)26(34)25-17(2)31(14-18-4-3-5-20(12-18)35-15-24(32)33)23-13-21(10-11-22(23)25)36-27(28,29)30/h3-13H,14-15H2,1-2H3,(H,32,33). The monoisotopic (exact) mass is 497 g/mol.